The van der Waals surface area contributed by atoms with Gasteiger partial charge in [-0.05, 0) is 27.3 Å². The van der Waals surface area contributed by atoms with Crippen molar-refractivity contribution in [3.63, 3.8) is 0 Å². The Balaban J connectivity index is 3.81. The van der Waals surface area contributed by atoms with Crippen LogP contribution in [-0.2, 0) is 0 Å². The molecule has 0 aromatic heterocycles. The number of hydrogen-bond acceptors (Lipinski definition) is 1. The summed E-state index contributed by atoms with van der Waals surface area (Å²) in [7, 11) is 1.96. The summed E-state index contributed by atoms with van der Waals surface area (Å²) in [5.74, 6) is 0. The van der Waals surface area contributed by atoms with E-state index in [9.17, 15) is 0 Å². The van der Waals surface area contributed by atoms with Crippen molar-refractivity contribution in [1.82, 2.24) is 5.32 Å². The third-order valence-electron chi connectivity index (χ3n) is 1.66. The molecule has 0 saturated heterocycles. The van der Waals surface area contributed by atoms with Gasteiger partial charge in [0.1, 0.15) is 0 Å². The average Bonchev–Trinajstić information content (AvgIpc) is 2.00. The van der Waals surface area contributed by atoms with Crippen LogP contribution in [-0.4, -0.2) is 13.1 Å². The van der Waals surface area contributed by atoms with Gasteiger partial charge in [-0.2, -0.15) is 0 Å². The second-order valence-electron chi connectivity index (χ2n) is 3.23. The van der Waals surface area contributed by atoms with Crippen molar-refractivity contribution in [1.29, 1.82) is 0 Å². The Morgan fingerprint density at radius 1 is 1.42 bits per heavy atom. The topological polar surface area (TPSA) is 12.0 Å². The lowest BCUT2D eigenvalue weighted by atomic mass is 10.1. The normalized spacial score (nSPS) is 13.2. The van der Waals surface area contributed by atoms with E-state index in [0.717, 1.165) is 17.6 Å². The minimum absolute atomic E-state index is 0.493. The number of hydrogen-bond donors (Lipinski definition) is 1. The van der Waals surface area contributed by atoms with E-state index in [1.54, 1.807) is 0 Å². The van der Waals surface area contributed by atoms with Crippen molar-refractivity contribution in [3.8, 4) is 0 Å². The zero-order chi connectivity index (χ0) is 9.56. The molecule has 68 valence electrons. The minimum Gasteiger partial charge on any atom is -0.317 e. The van der Waals surface area contributed by atoms with Gasteiger partial charge < -0.3 is 5.32 Å². The predicted molar refractivity (Wildman–Crippen MR) is 56.2 cm³/mol. The van der Waals surface area contributed by atoms with Gasteiger partial charge in [0, 0.05) is 6.04 Å². The molecule has 0 heterocycles. The van der Waals surface area contributed by atoms with Gasteiger partial charge >= 0.3 is 0 Å². The summed E-state index contributed by atoms with van der Waals surface area (Å²) in [6.07, 6.45) is 5.00. The Bertz CT molecular complexity index is 189. The highest BCUT2D eigenvalue weighted by atomic mass is 14.8. The van der Waals surface area contributed by atoms with E-state index in [4.69, 9.17) is 0 Å². The SMILES string of the molecule is C=C(C)/C=C\C(=C)CC(C)NC. The maximum absolute atomic E-state index is 3.95. The molecule has 0 aromatic carbocycles. The molecule has 0 amide bonds. The molecule has 0 radical (unpaired) electrons. The van der Waals surface area contributed by atoms with Gasteiger partial charge in [0.2, 0.25) is 0 Å². The minimum atomic E-state index is 0.493. The van der Waals surface area contributed by atoms with Crippen molar-refractivity contribution >= 4 is 0 Å². The number of allylic oxidation sites excluding steroid dienone is 3. The molecule has 0 fully saturated rings. The Hall–Kier alpha value is -0.820. The third kappa shape index (κ3) is 5.93. The summed E-state index contributed by atoms with van der Waals surface area (Å²) in [5, 5.41) is 3.17. The summed E-state index contributed by atoms with van der Waals surface area (Å²) < 4.78 is 0. The first-order chi connectivity index (χ1) is 5.56. The molecule has 0 aliphatic carbocycles. The van der Waals surface area contributed by atoms with Gasteiger partial charge in [0.25, 0.3) is 0 Å². The second-order valence-corrected chi connectivity index (χ2v) is 3.23. The fourth-order valence-electron chi connectivity index (χ4n) is 0.823. The van der Waals surface area contributed by atoms with Crippen LogP contribution in [0.5, 0.6) is 0 Å². The van der Waals surface area contributed by atoms with Crippen LogP contribution in [0.2, 0.25) is 0 Å². The van der Waals surface area contributed by atoms with Crippen molar-refractivity contribution in [2.75, 3.05) is 7.05 Å². The van der Waals surface area contributed by atoms with Crippen molar-refractivity contribution in [2.24, 2.45) is 0 Å². The van der Waals surface area contributed by atoms with Gasteiger partial charge in [-0.1, -0.05) is 36.5 Å². The molecule has 0 spiro atoms. The van der Waals surface area contributed by atoms with Gasteiger partial charge in [0.05, 0.1) is 0 Å². The molecule has 1 atom stereocenters. The maximum atomic E-state index is 3.95. The van der Waals surface area contributed by atoms with Crippen LogP contribution in [0.15, 0.2) is 36.5 Å². The summed E-state index contributed by atoms with van der Waals surface area (Å²) in [6.45, 7) is 11.8. The lowest BCUT2D eigenvalue weighted by Crippen LogP contribution is -2.20. The molecule has 1 N–H and O–H groups in total. The highest BCUT2D eigenvalue weighted by Gasteiger charge is 1.97. The molecule has 1 heteroatoms. The highest BCUT2D eigenvalue weighted by molar-refractivity contribution is 5.23. The quantitative estimate of drug-likeness (QED) is 0.618. The second kappa shape index (κ2) is 5.78. The summed E-state index contributed by atoms with van der Waals surface area (Å²) >= 11 is 0. The largest absolute Gasteiger partial charge is 0.317 e. The van der Waals surface area contributed by atoms with E-state index in [1.807, 2.05) is 26.1 Å². The molecular formula is C11H19N. The molecule has 0 aliphatic heterocycles. The molecule has 0 bridgehead atoms. The van der Waals surface area contributed by atoms with Crippen LogP contribution in [0.1, 0.15) is 20.3 Å². The van der Waals surface area contributed by atoms with Gasteiger partial charge in [-0.3, -0.25) is 0 Å². The van der Waals surface area contributed by atoms with Crippen LogP contribution < -0.4 is 5.32 Å². The molecule has 0 aliphatic rings. The Kier molecular flexibility index (Phi) is 5.39. The summed E-state index contributed by atoms with van der Waals surface area (Å²) in [5.41, 5.74) is 2.20. The molecule has 0 saturated carbocycles. The van der Waals surface area contributed by atoms with Crippen LogP contribution in [0.25, 0.3) is 0 Å². The highest BCUT2D eigenvalue weighted by Crippen LogP contribution is 2.05. The average molecular weight is 165 g/mol. The Labute approximate surface area is 75.9 Å². The van der Waals surface area contributed by atoms with Crippen LogP contribution >= 0.6 is 0 Å². The zero-order valence-corrected chi connectivity index (χ0v) is 8.35. The van der Waals surface area contributed by atoms with Gasteiger partial charge in [-0.15, -0.1) is 0 Å². The first kappa shape index (κ1) is 11.2. The van der Waals surface area contributed by atoms with E-state index < -0.39 is 0 Å². The fraction of sp³-hybridized carbons (Fsp3) is 0.455. The van der Waals surface area contributed by atoms with Gasteiger partial charge in [0.15, 0.2) is 0 Å². The lowest BCUT2D eigenvalue weighted by Gasteiger charge is -2.08. The molecule has 1 nitrogen and oxygen atoms in total. The Morgan fingerprint density at radius 2 is 2.00 bits per heavy atom. The number of rotatable bonds is 5. The molecule has 12 heavy (non-hydrogen) atoms. The van der Waals surface area contributed by atoms with Crippen molar-refractivity contribution < 1.29 is 0 Å². The fourth-order valence-corrected chi connectivity index (χ4v) is 0.823. The smallest absolute Gasteiger partial charge is 0.00759 e. The first-order valence-electron chi connectivity index (χ1n) is 4.25. The molecule has 1 unspecified atom stereocenters. The van der Waals surface area contributed by atoms with E-state index in [1.165, 1.54) is 0 Å². The van der Waals surface area contributed by atoms with E-state index >= 15 is 0 Å². The zero-order valence-electron chi connectivity index (χ0n) is 8.35. The summed E-state index contributed by atoms with van der Waals surface area (Å²) in [4.78, 5) is 0. The number of nitrogens with one attached hydrogen (secondary N) is 1. The third-order valence-corrected chi connectivity index (χ3v) is 1.66. The van der Waals surface area contributed by atoms with Gasteiger partial charge in [-0.25, -0.2) is 0 Å². The maximum Gasteiger partial charge on any atom is 0.00759 e. The van der Waals surface area contributed by atoms with Crippen molar-refractivity contribution in [2.45, 2.75) is 26.3 Å². The van der Waals surface area contributed by atoms with Crippen molar-refractivity contribution in [3.05, 3.63) is 36.5 Å². The van der Waals surface area contributed by atoms with E-state index in [0.29, 0.717) is 6.04 Å². The van der Waals surface area contributed by atoms with E-state index in [2.05, 4.69) is 25.4 Å². The van der Waals surface area contributed by atoms with Crippen LogP contribution in [0, 0.1) is 0 Å². The standard InChI is InChI=1S/C11H19N/c1-9(2)6-7-10(3)8-11(4)12-5/h6-7,11-12H,1,3,8H2,2,4-5H3/b7-6-. The predicted octanol–water partition coefficient (Wildman–Crippen LogP) is 2.67. The molecular weight excluding hydrogens is 146 g/mol. The Morgan fingerprint density at radius 3 is 2.42 bits per heavy atom. The van der Waals surface area contributed by atoms with E-state index in [-0.39, 0.29) is 0 Å². The first-order valence-corrected chi connectivity index (χ1v) is 4.25. The summed E-state index contributed by atoms with van der Waals surface area (Å²) in [6, 6.07) is 0.493. The van der Waals surface area contributed by atoms with Crippen LogP contribution in [0.4, 0.5) is 0 Å². The lowest BCUT2D eigenvalue weighted by molar-refractivity contribution is 0.611. The molecule has 0 rings (SSSR count). The van der Waals surface area contributed by atoms with Crippen LogP contribution in [0.3, 0.4) is 0 Å². The molecule has 0 aromatic rings. The monoisotopic (exact) mass is 165 g/mol.